The normalized spacial score (nSPS) is 12.1. The van der Waals surface area contributed by atoms with E-state index in [4.69, 9.17) is 0 Å². The van der Waals surface area contributed by atoms with E-state index in [1.807, 2.05) is 38.1 Å². The molecule has 1 aromatic carbocycles. The van der Waals surface area contributed by atoms with Crippen molar-refractivity contribution in [2.45, 2.75) is 20.0 Å². The van der Waals surface area contributed by atoms with E-state index in [0.717, 1.165) is 29.0 Å². The van der Waals surface area contributed by atoms with Crippen molar-refractivity contribution in [1.82, 2.24) is 4.98 Å². The lowest BCUT2D eigenvalue weighted by atomic mass is 10.0. The minimum Gasteiger partial charge on any atom is -0.255 e. The zero-order valence-corrected chi connectivity index (χ0v) is 12.1. The second-order valence-corrected chi connectivity index (χ2v) is 4.94. The average Bonchev–Trinajstić information content (AvgIpc) is 2.47. The van der Waals surface area contributed by atoms with Gasteiger partial charge in [-0.05, 0) is 48.7 Å². The minimum absolute atomic E-state index is 0.216. The molecule has 5 heteroatoms. The maximum Gasteiger partial charge on any atom is 0.417 e. The number of halogens is 3. The molecule has 2 nitrogen and oxygen atoms in total. The third-order valence-corrected chi connectivity index (χ3v) is 3.33. The molecule has 0 saturated heterocycles. The maximum atomic E-state index is 12.5. The van der Waals surface area contributed by atoms with Gasteiger partial charge in [-0.15, -0.1) is 0 Å². The largest absolute Gasteiger partial charge is 0.417 e. The second-order valence-electron chi connectivity index (χ2n) is 4.94. The van der Waals surface area contributed by atoms with Crippen LogP contribution in [0.3, 0.4) is 0 Å². The van der Waals surface area contributed by atoms with Crippen LogP contribution in [0.25, 0.3) is 11.6 Å². The Hall–Kier alpha value is -2.61. The van der Waals surface area contributed by atoms with E-state index in [1.165, 1.54) is 6.07 Å². The van der Waals surface area contributed by atoms with Crippen molar-refractivity contribution in [2.75, 3.05) is 0 Å². The topological polar surface area (TPSA) is 36.7 Å². The molecule has 0 radical (unpaired) electrons. The van der Waals surface area contributed by atoms with Gasteiger partial charge in [0.05, 0.1) is 16.8 Å². The zero-order valence-electron chi connectivity index (χ0n) is 12.1. The molecule has 0 aliphatic rings. The number of aromatic nitrogens is 1. The van der Waals surface area contributed by atoms with E-state index in [0.29, 0.717) is 0 Å². The number of hydrogen-bond donors (Lipinski definition) is 0. The van der Waals surface area contributed by atoms with Crippen LogP contribution in [0.15, 0.2) is 36.5 Å². The first kappa shape index (κ1) is 15.8. The van der Waals surface area contributed by atoms with Crippen molar-refractivity contribution >= 4 is 11.6 Å². The smallest absolute Gasteiger partial charge is 0.255 e. The van der Waals surface area contributed by atoms with Gasteiger partial charge in [-0.2, -0.15) is 18.4 Å². The summed E-state index contributed by atoms with van der Waals surface area (Å²) in [5.74, 6) is 0. The first-order valence-corrected chi connectivity index (χ1v) is 6.54. The molecular weight excluding hydrogens is 289 g/mol. The van der Waals surface area contributed by atoms with Crippen molar-refractivity contribution in [3.8, 4) is 6.07 Å². The highest BCUT2D eigenvalue weighted by molar-refractivity contribution is 5.88. The third-order valence-electron chi connectivity index (χ3n) is 3.33. The fraction of sp³-hybridized carbons (Fsp3) is 0.176. The standard InChI is InChI=1S/C17H13F3N2/c1-11-3-4-13(7-12(11)2)8-14(9-21)16-6-5-15(10-22-16)17(18,19)20/h3-8,10H,1-2H3/b14-8-. The third kappa shape index (κ3) is 3.53. The van der Waals surface area contributed by atoms with Gasteiger partial charge in [0.1, 0.15) is 6.07 Å². The summed E-state index contributed by atoms with van der Waals surface area (Å²) in [6, 6.07) is 9.80. The predicted octanol–water partition coefficient (Wildman–Crippen LogP) is 4.78. The number of allylic oxidation sites excluding steroid dienone is 1. The van der Waals surface area contributed by atoms with E-state index in [-0.39, 0.29) is 11.3 Å². The molecule has 0 N–H and O–H groups in total. The van der Waals surface area contributed by atoms with Crippen LogP contribution in [0, 0.1) is 25.2 Å². The maximum absolute atomic E-state index is 12.5. The van der Waals surface area contributed by atoms with Gasteiger partial charge in [0.15, 0.2) is 0 Å². The van der Waals surface area contributed by atoms with Gasteiger partial charge in [-0.25, -0.2) is 0 Å². The number of hydrogen-bond acceptors (Lipinski definition) is 2. The monoisotopic (exact) mass is 302 g/mol. The average molecular weight is 302 g/mol. The molecule has 2 aromatic rings. The van der Waals surface area contributed by atoms with Crippen molar-refractivity contribution in [3.63, 3.8) is 0 Å². The SMILES string of the molecule is Cc1ccc(/C=C(/C#N)c2ccc(C(F)(F)F)cn2)cc1C. The molecule has 0 saturated carbocycles. The van der Waals surface area contributed by atoms with Crippen molar-refractivity contribution in [1.29, 1.82) is 5.26 Å². The summed E-state index contributed by atoms with van der Waals surface area (Å²) in [7, 11) is 0. The molecule has 0 amide bonds. The van der Waals surface area contributed by atoms with E-state index in [1.54, 1.807) is 6.08 Å². The Bertz CT molecular complexity index is 751. The Balaban J connectivity index is 2.37. The molecule has 0 fully saturated rings. The van der Waals surface area contributed by atoms with Crippen LogP contribution in [-0.4, -0.2) is 4.98 Å². The Morgan fingerprint density at radius 1 is 1.14 bits per heavy atom. The van der Waals surface area contributed by atoms with Gasteiger partial charge in [0, 0.05) is 6.20 Å². The lowest BCUT2D eigenvalue weighted by Crippen LogP contribution is -2.05. The molecule has 0 bridgehead atoms. The first-order chi connectivity index (χ1) is 10.3. The van der Waals surface area contributed by atoms with Crippen LogP contribution in [0.4, 0.5) is 13.2 Å². The van der Waals surface area contributed by atoms with Gasteiger partial charge in [0.25, 0.3) is 0 Å². The zero-order chi connectivity index (χ0) is 16.3. The number of alkyl halides is 3. The van der Waals surface area contributed by atoms with Crippen LogP contribution in [0.5, 0.6) is 0 Å². The minimum atomic E-state index is -4.43. The Labute approximate surface area is 126 Å². The van der Waals surface area contributed by atoms with Crippen LogP contribution >= 0.6 is 0 Å². The van der Waals surface area contributed by atoms with E-state index in [9.17, 15) is 18.4 Å². The van der Waals surface area contributed by atoms with Crippen molar-refractivity contribution in [3.05, 3.63) is 64.5 Å². The molecule has 2 rings (SSSR count). The number of nitriles is 1. The highest BCUT2D eigenvalue weighted by atomic mass is 19.4. The van der Waals surface area contributed by atoms with E-state index in [2.05, 4.69) is 4.98 Å². The summed E-state index contributed by atoms with van der Waals surface area (Å²) in [6.45, 7) is 3.93. The number of pyridine rings is 1. The molecule has 0 unspecified atom stereocenters. The number of aryl methyl sites for hydroxylation is 2. The molecule has 0 aliphatic carbocycles. The summed E-state index contributed by atoms with van der Waals surface area (Å²) in [6.07, 6.45) is -2.08. The Morgan fingerprint density at radius 2 is 1.86 bits per heavy atom. The highest BCUT2D eigenvalue weighted by Gasteiger charge is 2.30. The van der Waals surface area contributed by atoms with Crippen LogP contribution in [0.2, 0.25) is 0 Å². The quantitative estimate of drug-likeness (QED) is 0.748. The van der Waals surface area contributed by atoms with Crippen LogP contribution < -0.4 is 0 Å². The molecule has 1 heterocycles. The summed E-state index contributed by atoms with van der Waals surface area (Å²) in [4.78, 5) is 3.74. The molecule has 112 valence electrons. The van der Waals surface area contributed by atoms with Gasteiger partial charge in [0.2, 0.25) is 0 Å². The predicted molar refractivity (Wildman–Crippen MR) is 78.6 cm³/mol. The van der Waals surface area contributed by atoms with Gasteiger partial charge < -0.3 is 0 Å². The highest BCUT2D eigenvalue weighted by Crippen LogP contribution is 2.29. The number of nitrogens with zero attached hydrogens (tertiary/aromatic N) is 2. The van der Waals surface area contributed by atoms with Gasteiger partial charge >= 0.3 is 6.18 Å². The lowest BCUT2D eigenvalue weighted by molar-refractivity contribution is -0.137. The van der Waals surface area contributed by atoms with Gasteiger partial charge in [-0.3, -0.25) is 4.98 Å². The number of benzene rings is 1. The second kappa shape index (κ2) is 6.02. The van der Waals surface area contributed by atoms with Crippen LogP contribution in [0.1, 0.15) is 27.9 Å². The van der Waals surface area contributed by atoms with E-state index < -0.39 is 11.7 Å². The fourth-order valence-corrected chi connectivity index (χ4v) is 1.91. The molecular formula is C17H13F3N2. The van der Waals surface area contributed by atoms with Crippen molar-refractivity contribution in [2.24, 2.45) is 0 Å². The van der Waals surface area contributed by atoms with Crippen LogP contribution in [-0.2, 0) is 6.18 Å². The number of rotatable bonds is 2. The molecule has 22 heavy (non-hydrogen) atoms. The first-order valence-electron chi connectivity index (χ1n) is 6.54. The lowest BCUT2D eigenvalue weighted by Gasteiger charge is -2.06. The molecule has 0 spiro atoms. The fourth-order valence-electron chi connectivity index (χ4n) is 1.91. The summed E-state index contributed by atoms with van der Waals surface area (Å²) >= 11 is 0. The summed E-state index contributed by atoms with van der Waals surface area (Å²) < 4.78 is 37.5. The van der Waals surface area contributed by atoms with Crippen molar-refractivity contribution < 1.29 is 13.2 Å². The molecule has 0 atom stereocenters. The van der Waals surface area contributed by atoms with E-state index >= 15 is 0 Å². The summed E-state index contributed by atoms with van der Waals surface area (Å²) in [5, 5.41) is 9.21. The van der Waals surface area contributed by atoms with Gasteiger partial charge in [-0.1, -0.05) is 18.2 Å². The molecule has 0 aliphatic heterocycles. The summed E-state index contributed by atoms with van der Waals surface area (Å²) in [5.41, 5.74) is 2.61. The molecule has 1 aromatic heterocycles. The Morgan fingerprint density at radius 3 is 2.36 bits per heavy atom. The Kier molecular flexibility index (Phi) is 4.32.